The number of esters is 2. The first-order valence-corrected chi connectivity index (χ1v) is 14.8. The second-order valence-corrected chi connectivity index (χ2v) is 14.8. The molecule has 1 saturated heterocycles. The molecular formula is C29H39NO7Si. The first-order valence-electron chi connectivity index (χ1n) is 12.9. The third-order valence-electron chi connectivity index (χ3n) is 7.16. The van der Waals surface area contributed by atoms with E-state index < -0.39 is 38.5 Å². The number of nitrogens with zero attached hydrogens (tertiary/aromatic N) is 1. The van der Waals surface area contributed by atoms with Crippen LogP contribution >= 0.6 is 0 Å². The number of ether oxygens (including phenoxy) is 3. The lowest BCUT2D eigenvalue weighted by atomic mass is 9.91. The summed E-state index contributed by atoms with van der Waals surface area (Å²) in [6.45, 7) is 8.25. The van der Waals surface area contributed by atoms with Gasteiger partial charge in [0, 0.05) is 19.6 Å². The summed E-state index contributed by atoms with van der Waals surface area (Å²) in [5.74, 6) is -1.18. The van der Waals surface area contributed by atoms with Crippen LogP contribution in [0.2, 0.25) is 5.04 Å². The molecule has 3 atom stereocenters. The highest BCUT2D eigenvalue weighted by Gasteiger charge is 2.51. The fourth-order valence-electron chi connectivity index (χ4n) is 5.54. The van der Waals surface area contributed by atoms with E-state index in [9.17, 15) is 14.4 Å². The van der Waals surface area contributed by atoms with Crippen LogP contribution in [0.3, 0.4) is 0 Å². The SMILES string of the molecule is COC(=O)[C@H]1[C@@H](OC(C)=O)CC[C@@H](CCO[Si](c2ccccc2)(c2ccccc2)C(C)(C)C)N1C(=O)OC. The van der Waals surface area contributed by atoms with Crippen LogP contribution in [0.4, 0.5) is 4.79 Å². The molecule has 0 unspecified atom stereocenters. The van der Waals surface area contributed by atoms with Gasteiger partial charge in [-0.1, -0.05) is 81.4 Å². The second-order valence-electron chi connectivity index (χ2n) is 10.5. The quantitative estimate of drug-likeness (QED) is 0.286. The van der Waals surface area contributed by atoms with Gasteiger partial charge in [0.05, 0.1) is 14.2 Å². The molecule has 0 radical (unpaired) electrons. The van der Waals surface area contributed by atoms with Gasteiger partial charge in [-0.15, -0.1) is 0 Å². The highest BCUT2D eigenvalue weighted by Crippen LogP contribution is 2.37. The standard InChI is InChI=1S/C29H39NO7Si/c1-21(31)37-25-18-17-22(30(28(33)35-6)26(25)27(32)34-5)19-20-36-38(29(2,3)4,23-13-9-7-10-14-23)24-15-11-8-12-16-24/h7-16,22,25-26H,17-20H2,1-6H3/t22-,25-,26+/m0/s1. The first-order chi connectivity index (χ1) is 18.1. The van der Waals surface area contributed by atoms with Crippen molar-refractivity contribution in [2.45, 2.75) is 70.2 Å². The van der Waals surface area contributed by atoms with Crippen molar-refractivity contribution >= 4 is 36.7 Å². The average molecular weight is 542 g/mol. The monoisotopic (exact) mass is 541 g/mol. The van der Waals surface area contributed by atoms with Gasteiger partial charge < -0.3 is 18.6 Å². The molecule has 1 heterocycles. The summed E-state index contributed by atoms with van der Waals surface area (Å²) in [5.41, 5.74) is 0. The number of carbonyl (C=O) groups is 3. The number of hydrogen-bond donors (Lipinski definition) is 0. The Kier molecular flexibility index (Phi) is 9.73. The van der Waals surface area contributed by atoms with Crippen LogP contribution in [0.5, 0.6) is 0 Å². The van der Waals surface area contributed by atoms with Crippen LogP contribution in [-0.4, -0.2) is 70.3 Å². The Balaban J connectivity index is 1.94. The van der Waals surface area contributed by atoms with Crippen LogP contribution < -0.4 is 10.4 Å². The molecule has 0 aliphatic carbocycles. The number of rotatable bonds is 8. The van der Waals surface area contributed by atoms with Gasteiger partial charge in [-0.3, -0.25) is 9.69 Å². The maximum absolute atomic E-state index is 12.9. The molecule has 0 spiro atoms. The molecule has 0 N–H and O–H groups in total. The summed E-state index contributed by atoms with van der Waals surface area (Å²) in [6, 6.07) is 19.2. The van der Waals surface area contributed by atoms with Crippen LogP contribution in [0.1, 0.15) is 47.0 Å². The predicted octanol–water partition coefficient (Wildman–Crippen LogP) is 3.66. The molecule has 2 aromatic rings. The van der Waals surface area contributed by atoms with Crippen molar-refractivity contribution in [1.82, 2.24) is 4.90 Å². The van der Waals surface area contributed by atoms with E-state index in [2.05, 4.69) is 45.0 Å². The molecular weight excluding hydrogens is 502 g/mol. The van der Waals surface area contributed by atoms with E-state index >= 15 is 0 Å². The van der Waals surface area contributed by atoms with Crippen molar-refractivity contribution in [1.29, 1.82) is 0 Å². The Bertz CT molecular complexity index is 1050. The van der Waals surface area contributed by atoms with Crippen molar-refractivity contribution in [2.24, 2.45) is 0 Å². The number of amides is 1. The van der Waals surface area contributed by atoms with Crippen molar-refractivity contribution < 1.29 is 33.0 Å². The zero-order valence-electron chi connectivity index (χ0n) is 23.1. The lowest BCUT2D eigenvalue weighted by molar-refractivity contribution is -0.166. The van der Waals surface area contributed by atoms with Gasteiger partial charge in [0.25, 0.3) is 8.32 Å². The van der Waals surface area contributed by atoms with Crippen molar-refractivity contribution in [3.05, 3.63) is 60.7 Å². The van der Waals surface area contributed by atoms with Gasteiger partial charge in [-0.05, 0) is 34.7 Å². The summed E-state index contributed by atoms with van der Waals surface area (Å²) in [7, 11) is -0.254. The predicted molar refractivity (Wildman–Crippen MR) is 147 cm³/mol. The van der Waals surface area contributed by atoms with E-state index in [1.54, 1.807) is 0 Å². The molecule has 8 nitrogen and oxygen atoms in total. The van der Waals surface area contributed by atoms with Gasteiger partial charge in [0.2, 0.25) is 0 Å². The number of piperidine rings is 1. The number of benzene rings is 2. The Morgan fingerprint density at radius 1 is 0.895 bits per heavy atom. The van der Waals surface area contributed by atoms with E-state index in [-0.39, 0.29) is 11.1 Å². The summed E-state index contributed by atoms with van der Waals surface area (Å²) < 4.78 is 22.4. The number of hydrogen-bond acceptors (Lipinski definition) is 7. The molecule has 1 aliphatic heterocycles. The van der Waals surface area contributed by atoms with Gasteiger partial charge >= 0.3 is 18.0 Å². The van der Waals surface area contributed by atoms with Crippen molar-refractivity contribution in [2.75, 3.05) is 20.8 Å². The molecule has 1 amide bonds. The smallest absolute Gasteiger partial charge is 0.410 e. The lowest BCUT2D eigenvalue weighted by Crippen LogP contribution is -2.67. The third kappa shape index (κ3) is 6.10. The molecule has 0 saturated carbocycles. The van der Waals surface area contributed by atoms with Crippen LogP contribution in [0, 0.1) is 0 Å². The van der Waals surface area contributed by atoms with Crippen LogP contribution in [0.15, 0.2) is 60.7 Å². The van der Waals surface area contributed by atoms with Gasteiger partial charge in [0.1, 0.15) is 6.10 Å². The second kappa shape index (κ2) is 12.6. The Labute approximate surface area is 226 Å². The maximum atomic E-state index is 12.9. The molecule has 0 bridgehead atoms. The molecule has 1 fully saturated rings. The zero-order chi connectivity index (χ0) is 27.9. The fraction of sp³-hybridized carbons (Fsp3) is 0.483. The topological polar surface area (TPSA) is 91.4 Å². The molecule has 2 aromatic carbocycles. The number of methoxy groups -OCH3 is 2. The van der Waals surface area contributed by atoms with E-state index in [1.165, 1.54) is 26.0 Å². The fourth-order valence-corrected chi connectivity index (χ4v) is 10.1. The molecule has 3 rings (SSSR count). The molecule has 0 aromatic heterocycles. The minimum atomic E-state index is -2.77. The minimum absolute atomic E-state index is 0.195. The van der Waals surface area contributed by atoms with Gasteiger partial charge in [-0.2, -0.15) is 0 Å². The van der Waals surface area contributed by atoms with Gasteiger partial charge in [0.15, 0.2) is 6.04 Å². The van der Waals surface area contributed by atoms with Crippen LogP contribution in [0.25, 0.3) is 0 Å². The maximum Gasteiger partial charge on any atom is 0.410 e. The van der Waals surface area contributed by atoms with E-state index in [0.717, 1.165) is 10.4 Å². The largest absolute Gasteiger partial charge is 0.467 e. The van der Waals surface area contributed by atoms with Crippen molar-refractivity contribution in [3.63, 3.8) is 0 Å². The summed E-state index contributed by atoms with van der Waals surface area (Å²) >= 11 is 0. The Hall–Kier alpha value is -3.17. The summed E-state index contributed by atoms with van der Waals surface area (Å²) in [4.78, 5) is 38.8. The zero-order valence-corrected chi connectivity index (χ0v) is 24.1. The third-order valence-corrected chi connectivity index (χ3v) is 12.2. The van der Waals surface area contributed by atoms with Crippen LogP contribution in [-0.2, 0) is 28.2 Å². The molecule has 1 aliphatic rings. The summed E-state index contributed by atoms with van der Waals surface area (Å²) in [6.07, 6.45) is -0.0815. The van der Waals surface area contributed by atoms with Crippen molar-refractivity contribution in [3.8, 4) is 0 Å². The van der Waals surface area contributed by atoms with E-state index in [0.29, 0.717) is 25.9 Å². The van der Waals surface area contributed by atoms with E-state index in [1.807, 2.05) is 36.4 Å². The highest BCUT2D eigenvalue weighted by atomic mass is 28.4. The lowest BCUT2D eigenvalue weighted by Gasteiger charge is -2.45. The minimum Gasteiger partial charge on any atom is -0.467 e. The first kappa shape index (κ1) is 29.4. The number of likely N-dealkylation sites (tertiary alicyclic amines) is 1. The molecule has 206 valence electrons. The molecule has 9 heteroatoms. The normalized spacial score (nSPS) is 19.9. The Morgan fingerprint density at radius 3 is 1.89 bits per heavy atom. The highest BCUT2D eigenvalue weighted by molar-refractivity contribution is 6.99. The van der Waals surface area contributed by atoms with Gasteiger partial charge in [-0.25, -0.2) is 9.59 Å². The number of carbonyl (C=O) groups excluding carboxylic acids is 3. The van der Waals surface area contributed by atoms with E-state index in [4.69, 9.17) is 18.6 Å². The Morgan fingerprint density at radius 2 is 1.45 bits per heavy atom. The average Bonchev–Trinajstić information content (AvgIpc) is 2.90. The molecule has 38 heavy (non-hydrogen) atoms. The summed E-state index contributed by atoms with van der Waals surface area (Å²) in [5, 5.41) is 2.13.